The highest BCUT2D eigenvalue weighted by Gasteiger charge is 2.55. The van der Waals surface area contributed by atoms with Gasteiger partial charge in [-0.15, -0.1) is 11.3 Å². The van der Waals surface area contributed by atoms with Crippen molar-refractivity contribution in [1.29, 1.82) is 0 Å². The Hall–Kier alpha value is -3.31. The van der Waals surface area contributed by atoms with E-state index in [0.717, 1.165) is 16.2 Å². The van der Waals surface area contributed by atoms with E-state index in [9.17, 15) is 32.1 Å². The predicted molar refractivity (Wildman–Crippen MR) is 107 cm³/mol. The fourth-order valence-corrected chi connectivity index (χ4v) is 4.38. The first-order chi connectivity index (χ1) is 15.0. The normalized spacial score (nSPS) is 21.2. The Bertz CT molecular complexity index is 1080. The molecule has 2 saturated heterocycles. The highest BCUT2D eigenvalue weighted by Crippen LogP contribution is 2.26. The second-order valence-corrected chi connectivity index (χ2v) is 8.86. The van der Waals surface area contributed by atoms with Crippen molar-refractivity contribution in [2.45, 2.75) is 19.0 Å². The van der Waals surface area contributed by atoms with E-state index < -0.39 is 52.6 Å². The van der Waals surface area contributed by atoms with Crippen LogP contribution in [0.3, 0.4) is 0 Å². The molecule has 2 fully saturated rings. The van der Waals surface area contributed by atoms with E-state index in [-0.39, 0.29) is 40.6 Å². The molecule has 3 amide bonds. The van der Waals surface area contributed by atoms with E-state index in [1.54, 1.807) is 0 Å². The molecule has 3 heterocycles. The maximum absolute atomic E-state index is 12.8. The third-order valence-corrected chi connectivity index (χ3v) is 5.98. The van der Waals surface area contributed by atoms with Crippen molar-refractivity contribution in [3.8, 4) is 0 Å². The summed E-state index contributed by atoms with van der Waals surface area (Å²) in [7, 11) is -4.95. The van der Waals surface area contributed by atoms with Crippen LogP contribution in [0, 0.1) is 0 Å². The minimum absolute atomic E-state index is 0.00775. The number of anilines is 1. The zero-order valence-electron chi connectivity index (χ0n) is 16.5. The van der Waals surface area contributed by atoms with Gasteiger partial charge in [0.25, 0.3) is 11.8 Å². The molecular weight excluding hydrogens is 472 g/mol. The molecule has 15 nitrogen and oxygen atoms in total. The number of carbonyl (C=O) groups is 4. The van der Waals surface area contributed by atoms with Crippen molar-refractivity contribution in [3.63, 3.8) is 0 Å². The number of Topliss-reactive ketones (excluding diaryl/α,β-unsaturated/α-hetero) is 1. The number of nitrogens with two attached hydrogens (primary N) is 1. The van der Waals surface area contributed by atoms with Crippen LogP contribution in [0.2, 0.25) is 0 Å². The number of cyclic esters (lactones) is 1. The van der Waals surface area contributed by atoms with Crippen molar-refractivity contribution >= 4 is 56.2 Å². The molecule has 0 aliphatic carbocycles. The number of aromatic nitrogens is 1. The monoisotopic (exact) mass is 490 g/mol. The molecule has 32 heavy (non-hydrogen) atoms. The van der Waals surface area contributed by atoms with E-state index >= 15 is 0 Å². The molecule has 1 aromatic rings. The van der Waals surface area contributed by atoms with Crippen LogP contribution < -0.4 is 11.1 Å². The summed E-state index contributed by atoms with van der Waals surface area (Å²) in [5.74, 6) is -2.48. The Morgan fingerprint density at radius 2 is 2.19 bits per heavy atom. The average Bonchev–Trinajstić information content (AvgIpc) is 3.29. The molecule has 2 atom stereocenters. The van der Waals surface area contributed by atoms with Crippen LogP contribution in [-0.2, 0) is 34.3 Å². The molecule has 0 unspecified atom stereocenters. The largest absolute Gasteiger partial charge is 0.448 e. The summed E-state index contributed by atoms with van der Waals surface area (Å²) in [6.07, 6.45) is -0.734. The van der Waals surface area contributed by atoms with Crippen molar-refractivity contribution in [3.05, 3.63) is 11.1 Å². The molecule has 0 aromatic carbocycles. The van der Waals surface area contributed by atoms with E-state index in [0.29, 0.717) is 0 Å². The first kappa shape index (κ1) is 23.4. The van der Waals surface area contributed by atoms with E-state index in [2.05, 4.69) is 15.5 Å². The number of hydrogen-bond acceptors (Lipinski definition) is 12. The third kappa shape index (κ3) is 4.94. The number of rotatable bonds is 9. The van der Waals surface area contributed by atoms with Gasteiger partial charge in [0.05, 0.1) is 12.6 Å². The average molecular weight is 490 g/mol. The lowest BCUT2D eigenvalue weighted by Gasteiger charge is -2.45. The van der Waals surface area contributed by atoms with Gasteiger partial charge in [-0.1, -0.05) is 5.16 Å². The summed E-state index contributed by atoms with van der Waals surface area (Å²) < 4.78 is 37.5. The second kappa shape index (κ2) is 9.05. The topological polar surface area (TPSA) is 211 Å². The fourth-order valence-electron chi connectivity index (χ4n) is 2.96. The summed E-state index contributed by atoms with van der Waals surface area (Å²) in [6, 6.07) is -2.72. The predicted octanol–water partition coefficient (Wildman–Crippen LogP) is -2.01. The van der Waals surface area contributed by atoms with Gasteiger partial charge in [0, 0.05) is 11.9 Å². The number of oxime groups is 1. The molecule has 0 spiro atoms. The zero-order valence-corrected chi connectivity index (χ0v) is 18.1. The van der Waals surface area contributed by atoms with Crippen molar-refractivity contribution < 1.29 is 41.7 Å². The zero-order chi connectivity index (χ0) is 23.6. The summed E-state index contributed by atoms with van der Waals surface area (Å²) in [4.78, 5) is 57.8. The number of ether oxygens (including phenoxy) is 1. The fraction of sp³-hybridized carbons (Fsp3) is 0.467. The van der Waals surface area contributed by atoms with E-state index in [1.807, 2.05) is 0 Å². The quantitative estimate of drug-likeness (QED) is 0.149. The number of nitrogens with zero attached hydrogens (tertiary/aromatic N) is 4. The first-order valence-electron chi connectivity index (χ1n) is 8.93. The van der Waals surface area contributed by atoms with Crippen LogP contribution in [0.4, 0.5) is 9.93 Å². The number of β-lactam (4-membered cyclic amide) rings is 1. The number of nitrogens with one attached hydrogen (secondary N) is 1. The molecule has 4 N–H and O–H groups in total. The van der Waals surface area contributed by atoms with Crippen LogP contribution in [0.15, 0.2) is 10.5 Å². The van der Waals surface area contributed by atoms with Crippen LogP contribution in [-0.4, -0.2) is 94.9 Å². The van der Waals surface area contributed by atoms with Crippen LogP contribution >= 0.6 is 11.3 Å². The Balaban J connectivity index is 1.82. The highest BCUT2D eigenvalue weighted by molar-refractivity contribution is 7.84. The molecule has 2 aliphatic heterocycles. The van der Waals surface area contributed by atoms with E-state index in [4.69, 9.17) is 15.3 Å². The van der Waals surface area contributed by atoms with Gasteiger partial charge in [0.15, 0.2) is 23.2 Å². The van der Waals surface area contributed by atoms with Crippen LogP contribution in [0.5, 0.6) is 0 Å². The van der Waals surface area contributed by atoms with Gasteiger partial charge in [-0.2, -0.15) is 8.42 Å². The van der Waals surface area contributed by atoms with Gasteiger partial charge < -0.3 is 25.5 Å². The maximum Gasteiger partial charge on any atom is 0.410 e. The SMILES string of the molecule is CC(=O)CO/N=C(\C(=O)N[C@@H]1C(=O)N(S(=O)(=O)O)[C@@H]1CN1CCOC1=O)c1csc(N)n1. The second-order valence-electron chi connectivity index (χ2n) is 6.68. The highest BCUT2D eigenvalue weighted by atomic mass is 32.2. The summed E-state index contributed by atoms with van der Waals surface area (Å²) >= 11 is 0.993. The Morgan fingerprint density at radius 1 is 1.47 bits per heavy atom. The molecule has 174 valence electrons. The van der Waals surface area contributed by atoms with Gasteiger partial charge in [-0.25, -0.2) is 14.1 Å². The molecule has 0 saturated carbocycles. The molecule has 2 aliphatic rings. The molecule has 3 rings (SSSR count). The number of thiazole rings is 1. The Labute approximate surface area is 185 Å². The van der Waals surface area contributed by atoms with Crippen LogP contribution in [0.25, 0.3) is 0 Å². The first-order valence-corrected chi connectivity index (χ1v) is 11.2. The minimum atomic E-state index is -4.95. The van der Waals surface area contributed by atoms with Gasteiger partial charge in [0.2, 0.25) is 0 Å². The van der Waals surface area contributed by atoms with Gasteiger partial charge in [0.1, 0.15) is 18.3 Å². The Morgan fingerprint density at radius 3 is 2.72 bits per heavy atom. The summed E-state index contributed by atoms with van der Waals surface area (Å²) in [5.41, 5.74) is 5.14. The molecular formula is C15H18N6O9S2. The maximum atomic E-state index is 12.8. The standard InChI is InChI=1S/C15H18N6O9S2/c1-7(22)5-30-19-10(8-6-31-14(16)17-8)12(23)18-11-9(4-20-2-3-29-15(20)25)21(13(11)24)32(26,27)28/h6,9,11H,2-5H2,1H3,(H2,16,17)(H,18,23)(H,26,27,28)/b19-10-/t9-,11+/m1/s1. The third-order valence-electron chi connectivity index (χ3n) is 4.36. The molecule has 0 bridgehead atoms. The van der Waals surface area contributed by atoms with Crippen molar-refractivity contribution in [2.75, 3.05) is 32.0 Å². The summed E-state index contributed by atoms with van der Waals surface area (Å²) in [6.45, 7) is 0.674. The lowest BCUT2D eigenvalue weighted by molar-refractivity contribution is -0.145. The number of hydrogen-bond donors (Lipinski definition) is 3. The molecule has 17 heteroatoms. The van der Waals surface area contributed by atoms with E-state index in [1.165, 1.54) is 12.3 Å². The minimum Gasteiger partial charge on any atom is -0.448 e. The van der Waals surface area contributed by atoms with Crippen molar-refractivity contribution in [1.82, 2.24) is 19.5 Å². The smallest absolute Gasteiger partial charge is 0.410 e. The molecule has 1 aromatic heterocycles. The lowest BCUT2D eigenvalue weighted by Crippen LogP contribution is -2.74. The molecule has 0 radical (unpaired) electrons. The summed E-state index contributed by atoms with van der Waals surface area (Å²) in [5, 5.41) is 7.37. The Kier molecular flexibility index (Phi) is 6.60. The van der Waals surface area contributed by atoms with Crippen LogP contribution in [0.1, 0.15) is 12.6 Å². The number of amides is 3. The van der Waals surface area contributed by atoms with Gasteiger partial charge in [-0.3, -0.25) is 18.9 Å². The van der Waals surface area contributed by atoms with Gasteiger partial charge >= 0.3 is 16.4 Å². The van der Waals surface area contributed by atoms with Gasteiger partial charge in [-0.05, 0) is 6.92 Å². The number of carbonyl (C=O) groups excluding carboxylic acids is 4. The lowest BCUT2D eigenvalue weighted by atomic mass is 9.97. The number of nitrogen functional groups attached to an aromatic ring is 1. The number of ketones is 1. The van der Waals surface area contributed by atoms with Crippen molar-refractivity contribution in [2.24, 2.45) is 5.16 Å².